The Balaban J connectivity index is 1.74. The Morgan fingerprint density at radius 2 is 1.80 bits per heavy atom. The monoisotopic (exact) mass is 404 g/mol. The number of rotatable bonds is 6. The fourth-order valence-electron chi connectivity index (χ4n) is 1.95. The van der Waals surface area contributed by atoms with Crippen LogP contribution in [0.15, 0.2) is 53.0 Å². The summed E-state index contributed by atoms with van der Waals surface area (Å²) in [6, 6.07) is 14.0. The van der Waals surface area contributed by atoms with Crippen LogP contribution in [0.25, 0.3) is 0 Å². The third-order valence-electron chi connectivity index (χ3n) is 3.19. The van der Waals surface area contributed by atoms with E-state index >= 15 is 0 Å². The summed E-state index contributed by atoms with van der Waals surface area (Å²) in [6.45, 7) is 1.19. The van der Waals surface area contributed by atoms with E-state index in [1.807, 2.05) is 19.1 Å². The van der Waals surface area contributed by atoms with Crippen molar-refractivity contribution in [1.82, 2.24) is 5.32 Å². The topological polar surface area (TPSA) is 84.5 Å². The summed E-state index contributed by atoms with van der Waals surface area (Å²) >= 11 is 3.35. The molecule has 0 atom stereocenters. The third kappa shape index (κ3) is 6.04. The van der Waals surface area contributed by atoms with Gasteiger partial charge in [0.05, 0.1) is 5.69 Å². The normalized spacial score (nSPS) is 10.0. The summed E-state index contributed by atoms with van der Waals surface area (Å²) in [5.41, 5.74) is 2.08. The zero-order chi connectivity index (χ0) is 18.2. The van der Waals surface area contributed by atoms with Crippen molar-refractivity contribution in [1.29, 1.82) is 0 Å². The van der Waals surface area contributed by atoms with Crippen LogP contribution in [0.1, 0.15) is 15.9 Å². The van der Waals surface area contributed by atoms with Crippen LogP contribution < -0.4 is 10.6 Å². The Morgan fingerprint density at radius 1 is 1.08 bits per heavy atom. The average molecular weight is 405 g/mol. The van der Waals surface area contributed by atoms with Crippen molar-refractivity contribution in [3.63, 3.8) is 0 Å². The highest BCUT2D eigenvalue weighted by Crippen LogP contribution is 2.23. The van der Waals surface area contributed by atoms with E-state index in [1.54, 1.807) is 36.4 Å². The van der Waals surface area contributed by atoms with E-state index in [-0.39, 0.29) is 12.5 Å². The Hall–Kier alpha value is -2.67. The number of carbonyl (C=O) groups is 3. The van der Waals surface area contributed by atoms with Gasteiger partial charge in [-0.05, 0) is 52.7 Å². The highest BCUT2D eigenvalue weighted by atomic mass is 79.9. The number of aryl methyl sites for hydroxylation is 1. The molecule has 130 valence electrons. The van der Waals surface area contributed by atoms with Crippen LogP contribution in [0.3, 0.4) is 0 Å². The standard InChI is InChI=1S/C18H17BrN2O4/c1-12-7-8-15(14(19)9-12)21-16(22)11-25-17(23)10-20-18(24)13-5-3-2-4-6-13/h2-9H,10-11H2,1H3,(H,20,24)(H,21,22). The molecule has 0 unspecified atom stereocenters. The molecule has 2 aromatic carbocycles. The quantitative estimate of drug-likeness (QED) is 0.724. The van der Waals surface area contributed by atoms with Gasteiger partial charge in [-0.3, -0.25) is 14.4 Å². The lowest BCUT2D eigenvalue weighted by molar-refractivity contribution is -0.146. The fourth-order valence-corrected chi connectivity index (χ4v) is 2.54. The van der Waals surface area contributed by atoms with E-state index in [0.717, 1.165) is 10.0 Å². The van der Waals surface area contributed by atoms with Gasteiger partial charge in [0.1, 0.15) is 6.54 Å². The molecule has 0 radical (unpaired) electrons. The number of hydrogen-bond donors (Lipinski definition) is 2. The summed E-state index contributed by atoms with van der Waals surface area (Å²) in [5.74, 6) is -1.54. The van der Waals surface area contributed by atoms with Crippen LogP contribution >= 0.6 is 15.9 Å². The van der Waals surface area contributed by atoms with Gasteiger partial charge in [-0.2, -0.15) is 0 Å². The van der Waals surface area contributed by atoms with Crippen LogP contribution in [0, 0.1) is 6.92 Å². The van der Waals surface area contributed by atoms with Gasteiger partial charge in [0.2, 0.25) is 0 Å². The largest absolute Gasteiger partial charge is 0.454 e. The molecule has 0 bridgehead atoms. The molecule has 0 aromatic heterocycles. The lowest BCUT2D eigenvalue weighted by Gasteiger charge is -2.09. The van der Waals surface area contributed by atoms with Crippen molar-refractivity contribution >= 4 is 39.4 Å². The highest BCUT2D eigenvalue weighted by molar-refractivity contribution is 9.10. The maximum atomic E-state index is 11.8. The Bertz CT molecular complexity index is 778. The molecular weight excluding hydrogens is 388 g/mol. The van der Waals surface area contributed by atoms with E-state index in [0.29, 0.717) is 11.3 Å². The average Bonchev–Trinajstić information content (AvgIpc) is 2.61. The van der Waals surface area contributed by atoms with Gasteiger partial charge in [0.15, 0.2) is 6.61 Å². The van der Waals surface area contributed by atoms with Crippen molar-refractivity contribution < 1.29 is 19.1 Å². The van der Waals surface area contributed by atoms with Crippen molar-refractivity contribution in [2.75, 3.05) is 18.5 Å². The fraction of sp³-hybridized carbons (Fsp3) is 0.167. The highest BCUT2D eigenvalue weighted by Gasteiger charge is 2.11. The van der Waals surface area contributed by atoms with Gasteiger partial charge in [-0.25, -0.2) is 0 Å². The molecule has 6 nitrogen and oxygen atoms in total. The second-order valence-corrected chi connectivity index (χ2v) is 6.10. The number of anilines is 1. The Labute approximate surface area is 153 Å². The van der Waals surface area contributed by atoms with E-state index < -0.39 is 18.5 Å². The lowest BCUT2D eigenvalue weighted by atomic mass is 10.2. The van der Waals surface area contributed by atoms with Crippen LogP contribution in [0.2, 0.25) is 0 Å². The first kappa shape index (κ1) is 18.7. The first-order valence-corrected chi connectivity index (χ1v) is 8.30. The molecule has 7 heteroatoms. The molecule has 25 heavy (non-hydrogen) atoms. The second-order valence-electron chi connectivity index (χ2n) is 5.24. The van der Waals surface area contributed by atoms with Crippen LogP contribution in [0.5, 0.6) is 0 Å². The molecule has 2 amide bonds. The minimum absolute atomic E-state index is 0.310. The summed E-state index contributed by atoms with van der Waals surface area (Å²) in [6.07, 6.45) is 0. The van der Waals surface area contributed by atoms with Crippen molar-refractivity contribution in [2.24, 2.45) is 0 Å². The van der Waals surface area contributed by atoms with Gasteiger partial charge < -0.3 is 15.4 Å². The molecule has 0 aliphatic carbocycles. The minimum atomic E-state index is -0.692. The summed E-state index contributed by atoms with van der Waals surface area (Å²) in [5, 5.41) is 5.07. The summed E-state index contributed by atoms with van der Waals surface area (Å²) in [4.78, 5) is 35.2. The number of esters is 1. The Morgan fingerprint density at radius 3 is 2.48 bits per heavy atom. The van der Waals surface area contributed by atoms with Gasteiger partial charge in [0.25, 0.3) is 11.8 Å². The predicted octanol–water partition coefficient (Wildman–Crippen LogP) is 2.67. The minimum Gasteiger partial charge on any atom is -0.454 e. The van der Waals surface area contributed by atoms with Crippen molar-refractivity contribution in [2.45, 2.75) is 6.92 Å². The number of ether oxygens (including phenoxy) is 1. The number of carbonyl (C=O) groups excluding carboxylic acids is 3. The van der Waals surface area contributed by atoms with E-state index in [9.17, 15) is 14.4 Å². The molecule has 0 heterocycles. The molecule has 2 aromatic rings. The first-order chi connectivity index (χ1) is 12.0. The van der Waals surface area contributed by atoms with Gasteiger partial charge >= 0.3 is 5.97 Å². The smallest absolute Gasteiger partial charge is 0.325 e. The first-order valence-electron chi connectivity index (χ1n) is 7.50. The zero-order valence-electron chi connectivity index (χ0n) is 13.5. The van der Waals surface area contributed by atoms with Crippen LogP contribution in [-0.2, 0) is 14.3 Å². The molecule has 0 fully saturated rings. The summed E-state index contributed by atoms with van der Waals surface area (Å²) in [7, 11) is 0. The molecule has 0 saturated carbocycles. The SMILES string of the molecule is Cc1ccc(NC(=O)COC(=O)CNC(=O)c2ccccc2)c(Br)c1. The number of nitrogens with one attached hydrogen (secondary N) is 2. The number of halogens is 1. The Kier molecular flexibility index (Phi) is 6.71. The van der Waals surface area contributed by atoms with E-state index in [1.165, 1.54) is 0 Å². The lowest BCUT2D eigenvalue weighted by Crippen LogP contribution is -2.32. The number of amides is 2. The van der Waals surface area contributed by atoms with Gasteiger partial charge in [-0.15, -0.1) is 0 Å². The molecule has 2 N–H and O–H groups in total. The van der Waals surface area contributed by atoms with Crippen LogP contribution in [-0.4, -0.2) is 30.9 Å². The molecule has 0 aliphatic rings. The third-order valence-corrected chi connectivity index (χ3v) is 3.85. The van der Waals surface area contributed by atoms with Gasteiger partial charge in [0, 0.05) is 10.0 Å². The second kappa shape index (κ2) is 8.98. The molecular formula is C18H17BrN2O4. The summed E-state index contributed by atoms with van der Waals surface area (Å²) < 4.78 is 5.58. The molecule has 0 saturated heterocycles. The van der Waals surface area contributed by atoms with Crippen LogP contribution in [0.4, 0.5) is 5.69 Å². The molecule has 0 aliphatic heterocycles. The number of hydrogen-bond acceptors (Lipinski definition) is 4. The van der Waals surface area contributed by atoms with E-state index in [2.05, 4.69) is 26.6 Å². The zero-order valence-corrected chi connectivity index (χ0v) is 15.1. The van der Waals surface area contributed by atoms with Gasteiger partial charge in [-0.1, -0.05) is 24.3 Å². The molecule has 2 rings (SSSR count). The number of benzene rings is 2. The van der Waals surface area contributed by atoms with E-state index in [4.69, 9.17) is 4.74 Å². The molecule has 0 spiro atoms. The predicted molar refractivity (Wildman–Crippen MR) is 97.2 cm³/mol. The maximum Gasteiger partial charge on any atom is 0.325 e. The van der Waals surface area contributed by atoms with Crippen molar-refractivity contribution in [3.05, 3.63) is 64.1 Å². The maximum absolute atomic E-state index is 11.8. The van der Waals surface area contributed by atoms with Crippen molar-refractivity contribution in [3.8, 4) is 0 Å².